The van der Waals surface area contributed by atoms with Crippen molar-refractivity contribution >= 4 is 5.91 Å². The molecule has 0 spiro atoms. The maximum atomic E-state index is 12.3. The van der Waals surface area contributed by atoms with Crippen molar-refractivity contribution in [2.24, 2.45) is 5.92 Å². The van der Waals surface area contributed by atoms with Gasteiger partial charge in [0.25, 0.3) is 0 Å². The summed E-state index contributed by atoms with van der Waals surface area (Å²) in [5.41, 5.74) is 2.49. The summed E-state index contributed by atoms with van der Waals surface area (Å²) >= 11 is 0. The lowest BCUT2D eigenvalue weighted by molar-refractivity contribution is -0.136. The Bertz CT molecular complexity index is 479. The summed E-state index contributed by atoms with van der Waals surface area (Å²) < 4.78 is 0. The number of aryl methyl sites for hydroxylation is 1. The zero-order chi connectivity index (χ0) is 14.7. The lowest BCUT2D eigenvalue weighted by Gasteiger charge is -2.35. The van der Waals surface area contributed by atoms with Crippen LogP contribution in [0.3, 0.4) is 0 Å². The van der Waals surface area contributed by atoms with E-state index in [2.05, 4.69) is 41.4 Å². The molecule has 1 aromatic carbocycles. The lowest BCUT2D eigenvalue weighted by Crippen LogP contribution is -2.51. The highest BCUT2D eigenvalue weighted by Crippen LogP contribution is 2.14. The Labute approximate surface area is 127 Å². The molecule has 1 atom stereocenters. The van der Waals surface area contributed by atoms with E-state index in [0.29, 0.717) is 6.54 Å². The van der Waals surface area contributed by atoms with E-state index in [4.69, 9.17) is 0 Å². The number of carbonyl (C=O) groups excluding carboxylic acids is 1. The summed E-state index contributed by atoms with van der Waals surface area (Å²) in [7, 11) is 0. The van der Waals surface area contributed by atoms with E-state index in [1.807, 2.05) is 4.90 Å². The van der Waals surface area contributed by atoms with Crippen molar-refractivity contribution in [3.8, 4) is 0 Å². The maximum Gasteiger partial charge on any atom is 0.237 e. The molecule has 1 aromatic rings. The Morgan fingerprint density at radius 3 is 2.71 bits per heavy atom. The summed E-state index contributed by atoms with van der Waals surface area (Å²) in [6.45, 7) is 8.59. The second kappa shape index (κ2) is 6.58. The third-order valence-electron chi connectivity index (χ3n) is 4.57. The second-order valence-electron chi connectivity index (χ2n) is 6.39. The first-order valence-corrected chi connectivity index (χ1v) is 7.97. The molecular formula is C17H25N3O. The highest BCUT2D eigenvalue weighted by Gasteiger charge is 2.26. The topological polar surface area (TPSA) is 35.6 Å². The van der Waals surface area contributed by atoms with Crippen molar-refractivity contribution in [2.45, 2.75) is 19.9 Å². The number of rotatable bonds is 4. The standard InChI is InChI=1S/C17H25N3O/c1-14-2-4-15(5-3-14)12-20-9-8-19(13-17(20)21)11-16-6-7-18-10-16/h2-5,16,18H,6-13H2,1H3/t16-/m1/s1. The van der Waals surface area contributed by atoms with E-state index < -0.39 is 0 Å². The van der Waals surface area contributed by atoms with Crippen molar-refractivity contribution in [1.82, 2.24) is 15.1 Å². The van der Waals surface area contributed by atoms with Crippen LogP contribution in [0.1, 0.15) is 17.5 Å². The van der Waals surface area contributed by atoms with E-state index in [1.165, 1.54) is 17.5 Å². The van der Waals surface area contributed by atoms with Gasteiger partial charge in [0.1, 0.15) is 0 Å². The molecule has 4 heteroatoms. The molecule has 2 heterocycles. The third kappa shape index (κ3) is 3.83. The second-order valence-corrected chi connectivity index (χ2v) is 6.39. The van der Waals surface area contributed by atoms with Crippen LogP contribution in [-0.4, -0.2) is 55.0 Å². The average molecular weight is 287 g/mol. The third-order valence-corrected chi connectivity index (χ3v) is 4.57. The number of piperazine rings is 1. The summed E-state index contributed by atoms with van der Waals surface area (Å²) in [5.74, 6) is 0.995. The molecule has 0 bridgehead atoms. The van der Waals surface area contributed by atoms with Gasteiger partial charge in [-0.25, -0.2) is 0 Å². The Hall–Kier alpha value is -1.39. The van der Waals surface area contributed by atoms with E-state index >= 15 is 0 Å². The normalized spacial score (nSPS) is 23.8. The molecule has 4 nitrogen and oxygen atoms in total. The summed E-state index contributed by atoms with van der Waals surface area (Å²) in [6, 6.07) is 8.48. The van der Waals surface area contributed by atoms with Crippen LogP contribution in [0.15, 0.2) is 24.3 Å². The Kier molecular flexibility index (Phi) is 4.56. The van der Waals surface area contributed by atoms with Crippen LogP contribution in [0.2, 0.25) is 0 Å². The van der Waals surface area contributed by atoms with Gasteiger partial charge in [-0.15, -0.1) is 0 Å². The van der Waals surface area contributed by atoms with E-state index in [-0.39, 0.29) is 5.91 Å². The smallest absolute Gasteiger partial charge is 0.237 e. The van der Waals surface area contributed by atoms with Crippen molar-refractivity contribution < 1.29 is 4.79 Å². The highest BCUT2D eigenvalue weighted by atomic mass is 16.2. The molecule has 3 rings (SSSR count). The Morgan fingerprint density at radius 2 is 2.05 bits per heavy atom. The first kappa shape index (κ1) is 14.5. The van der Waals surface area contributed by atoms with Crippen molar-refractivity contribution in [2.75, 3.05) is 39.3 Å². The van der Waals surface area contributed by atoms with E-state index in [1.54, 1.807) is 0 Å². The van der Waals surface area contributed by atoms with E-state index in [0.717, 1.165) is 45.2 Å². The zero-order valence-corrected chi connectivity index (χ0v) is 12.8. The maximum absolute atomic E-state index is 12.3. The van der Waals surface area contributed by atoms with E-state index in [9.17, 15) is 4.79 Å². The van der Waals surface area contributed by atoms with Crippen LogP contribution in [-0.2, 0) is 11.3 Å². The van der Waals surface area contributed by atoms with Gasteiger partial charge in [0.15, 0.2) is 0 Å². The molecule has 2 aliphatic rings. The van der Waals surface area contributed by atoms with Gasteiger partial charge in [-0.3, -0.25) is 9.69 Å². The number of benzene rings is 1. The van der Waals surface area contributed by atoms with Gasteiger partial charge in [0.2, 0.25) is 5.91 Å². The number of hydrogen-bond donors (Lipinski definition) is 1. The largest absolute Gasteiger partial charge is 0.336 e. The van der Waals surface area contributed by atoms with Gasteiger partial charge >= 0.3 is 0 Å². The molecule has 21 heavy (non-hydrogen) atoms. The monoisotopic (exact) mass is 287 g/mol. The van der Waals surface area contributed by atoms with Crippen LogP contribution >= 0.6 is 0 Å². The van der Waals surface area contributed by atoms with Crippen LogP contribution in [0.4, 0.5) is 0 Å². The molecule has 1 N–H and O–H groups in total. The number of carbonyl (C=O) groups is 1. The molecule has 0 saturated carbocycles. The lowest BCUT2D eigenvalue weighted by atomic mass is 10.1. The molecule has 0 aromatic heterocycles. The van der Waals surface area contributed by atoms with Gasteiger partial charge in [0.05, 0.1) is 6.54 Å². The fraction of sp³-hybridized carbons (Fsp3) is 0.588. The van der Waals surface area contributed by atoms with Gasteiger partial charge in [0, 0.05) is 26.2 Å². The Balaban J connectivity index is 1.51. The van der Waals surface area contributed by atoms with Gasteiger partial charge in [-0.1, -0.05) is 29.8 Å². The summed E-state index contributed by atoms with van der Waals surface area (Å²) in [4.78, 5) is 16.6. The quantitative estimate of drug-likeness (QED) is 0.905. The zero-order valence-electron chi connectivity index (χ0n) is 12.8. The summed E-state index contributed by atoms with van der Waals surface area (Å²) in [6.07, 6.45) is 1.25. The summed E-state index contributed by atoms with van der Waals surface area (Å²) in [5, 5.41) is 3.40. The average Bonchev–Trinajstić information content (AvgIpc) is 2.97. The number of hydrogen-bond acceptors (Lipinski definition) is 3. The molecule has 2 saturated heterocycles. The number of nitrogens with zero attached hydrogens (tertiary/aromatic N) is 2. The van der Waals surface area contributed by atoms with Crippen LogP contribution < -0.4 is 5.32 Å². The first-order chi connectivity index (χ1) is 10.2. The molecule has 1 amide bonds. The SMILES string of the molecule is Cc1ccc(CN2CCN(C[C@@H]3CCNC3)CC2=O)cc1. The molecule has 2 aliphatic heterocycles. The van der Waals surface area contributed by atoms with Gasteiger partial charge in [-0.05, 0) is 37.9 Å². The fourth-order valence-electron chi connectivity index (χ4n) is 3.23. The molecule has 114 valence electrons. The van der Waals surface area contributed by atoms with Gasteiger partial charge in [-0.2, -0.15) is 0 Å². The minimum Gasteiger partial charge on any atom is -0.336 e. The molecular weight excluding hydrogens is 262 g/mol. The van der Waals surface area contributed by atoms with Gasteiger partial charge < -0.3 is 10.2 Å². The minimum absolute atomic E-state index is 0.271. The van der Waals surface area contributed by atoms with Crippen molar-refractivity contribution in [1.29, 1.82) is 0 Å². The van der Waals surface area contributed by atoms with Crippen molar-refractivity contribution in [3.63, 3.8) is 0 Å². The highest BCUT2D eigenvalue weighted by molar-refractivity contribution is 5.79. The van der Waals surface area contributed by atoms with Crippen LogP contribution in [0.25, 0.3) is 0 Å². The van der Waals surface area contributed by atoms with Crippen LogP contribution in [0.5, 0.6) is 0 Å². The molecule has 0 unspecified atom stereocenters. The Morgan fingerprint density at radius 1 is 1.24 bits per heavy atom. The number of nitrogens with one attached hydrogen (secondary N) is 1. The predicted molar refractivity (Wildman–Crippen MR) is 84.0 cm³/mol. The van der Waals surface area contributed by atoms with Crippen molar-refractivity contribution in [3.05, 3.63) is 35.4 Å². The minimum atomic E-state index is 0.271. The van der Waals surface area contributed by atoms with Crippen LogP contribution in [0, 0.1) is 12.8 Å². The molecule has 0 aliphatic carbocycles. The molecule has 0 radical (unpaired) electrons. The fourth-order valence-corrected chi connectivity index (χ4v) is 3.23. The molecule has 2 fully saturated rings. The first-order valence-electron chi connectivity index (χ1n) is 7.97. The predicted octanol–water partition coefficient (Wildman–Crippen LogP) is 1.25. The number of amides is 1.